The number of anilines is 1. The van der Waals surface area contributed by atoms with E-state index in [9.17, 15) is 18.0 Å². The van der Waals surface area contributed by atoms with Crippen molar-refractivity contribution in [3.63, 3.8) is 0 Å². The fourth-order valence-electron chi connectivity index (χ4n) is 3.08. The first-order valence-electron chi connectivity index (χ1n) is 8.28. The highest BCUT2D eigenvalue weighted by Crippen LogP contribution is 2.34. The average molecular weight is 373 g/mol. The molecule has 1 fully saturated rings. The van der Waals surface area contributed by atoms with Crippen molar-refractivity contribution in [2.24, 2.45) is 0 Å². The lowest BCUT2D eigenvalue weighted by Crippen LogP contribution is -2.24. The van der Waals surface area contributed by atoms with Gasteiger partial charge in [0.2, 0.25) is 17.6 Å². The van der Waals surface area contributed by atoms with Crippen molar-refractivity contribution in [2.45, 2.75) is 18.5 Å². The zero-order valence-corrected chi connectivity index (χ0v) is 14.0. The number of hydrogen-bond acceptors (Lipinski definition) is 4. The lowest BCUT2D eigenvalue weighted by molar-refractivity contribution is -0.137. The van der Waals surface area contributed by atoms with Crippen LogP contribution in [0, 0.1) is 0 Å². The standard InChI is InChI=1S/C19H14F3N3O2/c20-19(21,22)14-6-4-5-12(9-14)17-23-18(27-24-17)13-10-16(26)25(11-13)15-7-2-1-3-8-15/h1-9,13H,10-11H2/t13-/m0/s1. The van der Waals surface area contributed by atoms with Crippen LogP contribution in [0.15, 0.2) is 59.1 Å². The third kappa shape index (κ3) is 3.42. The molecule has 2 aromatic carbocycles. The normalized spacial score (nSPS) is 17.5. The fraction of sp³-hybridized carbons (Fsp3) is 0.211. The van der Waals surface area contributed by atoms with Crippen LogP contribution in [-0.2, 0) is 11.0 Å². The van der Waals surface area contributed by atoms with Crippen LogP contribution in [0.4, 0.5) is 18.9 Å². The summed E-state index contributed by atoms with van der Waals surface area (Å²) in [6.45, 7) is 0.382. The number of alkyl halides is 3. The van der Waals surface area contributed by atoms with Crippen molar-refractivity contribution < 1.29 is 22.5 Å². The number of carbonyl (C=O) groups is 1. The maximum atomic E-state index is 12.9. The van der Waals surface area contributed by atoms with Gasteiger partial charge in [-0.1, -0.05) is 35.5 Å². The van der Waals surface area contributed by atoms with E-state index >= 15 is 0 Å². The Morgan fingerprint density at radius 2 is 1.85 bits per heavy atom. The van der Waals surface area contributed by atoms with Crippen LogP contribution in [0.5, 0.6) is 0 Å². The van der Waals surface area contributed by atoms with Gasteiger partial charge in [-0.2, -0.15) is 18.2 Å². The quantitative estimate of drug-likeness (QED) is 0.688. The SMILES string of the molecule is O=C1C[C@H](c2nc(-c3cccc(C(F)(F)F)c3)no2)CN1c1ccccc1. The van der Waals surface area contributed by atoms with Gasteiger partial charge in [0.05, 0.1) is 11.5 Å². The van der Waals surface area contributed by atoms with Gasteiger partial charge in [0, 0.05) is 24.2 Å². The minimum Gasteiger partial charge on any atom is -0.339 e. The minimum absolute atomic E-state index is 0.0648. The fourth-order valence-corrected chi connectivity index (χ4v) is 3.08. The molecule has 5 nitrogen and oxygen atoms in total. The molecule has 1 aliphatic rings. The van der Waals surface area contributed by atoms with E-state index in [2.05, 4.69) is 10.1 Å². The van der Waals surface area contributed by atoms with E-state index in [1.807, 2.05) is 30.3 Å². The molecule has 27 heavy (non-hydrogen) atoms. The van der Waals surface area contributed by atoms with Crippen molar-refractivity contribution in [2.75, 3.05) is 11.4 Å². The number of amides is 1. The largest absolute Gasteiger partial charge is 0.416 e. The highest BCUT2D eigenvalue weighted by Gasteiger charge is 2.35. The van der Waals surface area contributed by atoms with Gasteiger partial charge in [-0.05, 0) is 24.3 Å². The lowest BCUT2D eigenvalue weighted by atomic mass is 10.1. The zero-order valence-electron chi connectivity index (χ0n) is 14.0. The Kier molecular flexibility index (Phi) is 4.18. The second-order valence-electron chi connectivity index (χ2n) is 6.28. The summed E-state index contributed by atoms with van der Waals surface area (Å²) in [5.41, 5.74) is 0.212. The van der Waals surface area contributed by atoms with Crippen molar-refractivity contribution in [1.82, 2.24) is 10.1 Å². The molecule has 0 radical (unpaired) electrons. The molecule has 0 bridgehead atoms. The van der Waals surface area contributed by atoms with E-state index in [-0.39, 0.29) is 35.5 Å². The molecule has 2 heterocycles. The number of halogens is 3. The Balaban J connectivity index is 1.56. The van der Waals surface area contributed by atoms with Gasteiger partial charge >= 0.3 is 6.18 Å². The molecule has 1 atom stereocenters. The molecular formula is C19H14F3N3O2. The van der Waals surface area contributed by atoms with E-state index in [1.54, 1.807) is 4.90 Å². The Morgan fingerprint density at radius 1 is 1.07 bits per heavy atom. The average Bonchev–Trinajstić information content (AvgIpc) is 3.29. The smallest absolute Gasteiger partial charge is 0.339 e. The molecule has 4 rings (SSSR count). The van der Waals surface area contributed by atoms with Crippen molar-refractivity contribution in [3.8, 4) is 11.4 Å². The molecule has 0 N–H and O–H groups in total. The first-order chi connectivity index (χ1) is 12.9. The molecule has 3 aromatic rings. The summed E-state index contributed by atoms with van der Waals surface area (Å²) in [6.07, 6.45) is -4.24. The third-order valence-electron chi connectivity index (χ3n) is 4.43. The van der Waals surface area contributed by atoms with Gasteiger partial charge < -0.3 is 9.42 Å². The van der Waals surface area contributed by atoms with Gasteiger partial charge in [0.25, 0.3) is 0 Å². The molecule has 0 unspecified atom stereocenters. The van der Waals surface area contributed by atoms with E-state index < -0.39 is 11.7 Å². The zero-order chi connectivity index (χ0) is 19.0. The van der Waals surface area contributed by atoms with Gasteiger partial charge in [-0.15, -0.1) is 0 Å². The predicted molar refractivity (Wildman–Crippen MR) is 90.9 cm³/mol. The molecule has 1 aromatic heterocycles. The van der Waals surface area contributed by atoms with E-state index in [1.165, 1.54) is 12.1 Å². The summed E-state index contributed by atoms with van der Waals surface area (Å²) in [4.78, 5) is 18.2. The second kappa shape index (κ2) is 6.53. The molecule has 1 saturated heterocycles. The van der Waals surface area contributed by atoms with E-state index in [0.717, 1.165) is 17.8 Å². The van der Waals surface area contributed by atoms with Gasteiger partial charge in [-0.25, -0.2) is 0 Å². The molecule has 0 saturated carbocycles. The highest BCUT2D eigenvalue weighted by molar-refractivity contribution is 5.96. The molecule has 0 aliphatic carbocycles. The second-order valence-corrected chi connectivity index (χ2v) is 6.28. The summed E-state index contributed by atoms with van der Waals surface area (Å²) in [5.74, 6) is -0.0503. The lowest BCUT2D eigenvalue weighted by Gasteiger charge is -2.15. The number of hydrogen-bond donors (Lipinski definition) is 0. The summed E-state index contributed by atoms with van der Waals surface area (Å²) in [6, 6.07) is 14.0. The number of nitrogens with zero attached hydrogens (tertiary/aromatic N) is 3. The van der Waals surface area contributed by atoms with E-state index in [0.29, 0.717) is 6.54 Å². The van der Waals surface area contributed by atoms with Gasteiger partial charge in [0.15, 0.2) is 0 Å². The first kappa shape index (κ1) is 17.3. The van der Waals surface area contributed by atoms with Crippen molar-refractivity contribution in [3.05, 3.63) is 66.1 Å². The predicted octanol–water partition coefficient (Wildman–Crippen LogP) is 4.28. The Labute approximate surface area is 152 Å². The maximum absolute atomic E-state index is 12.9. The monoisotopic (exact) mass is 373 g/mol. The van der Waals surface area contributed by atoms with Gasteiger partial charge in [-0.3, -0.25) is 4.79 Å². The van der Waals surface area contributed by atoms with Crippen LogP contribution in [0.2, 0.25) is 0 Å². The first-order valence-corrected chi connectivity index (χ1v) is 8.28. The minimum atomic E-state index is -4.45. The van der Waals surface area contributed by atoms with Crippen LogP contribution in [0.25, 0.3) is 11.4 Å². The summed E-state index contributed by atoms with van der Waals surface area (Å²) in [5, 5.41) is 3.79. The summed E-state index contributed by atoms with van der Waals surface area (Å²) >= 11 is 0. The highest BCUT2D eigenvalue weighted by atomic mass is 19.4. The molecule has 1 amide bonds. The molecule has 0 spiro atoms. The third-order valence-corrected chi connectivity index (χ3v) is 4.43. The topological polar surface area (TPSA) is 59.2 Å². The van der Waals surface area contributed by atoms with Crippen LogP contribution in [0.3, 0.4) is 0 Å². The number of aromatic nitrogens is 2. The number of para-hydroxylation sites is 1. The Bertz CT molecular complexity index is 970. The molecule has 1 aliphatic heterocycles. The maximum Gasteiger partial charge on any atom is 0.416 e. The number of benzene rings is 2. The summed E-state index contributed by atoms with van der Waals surface area (Å²) in [7, 11) is 0. The molecule has 138 valence electrons. The van der Waals surface area contributed by atoms with Crippen LogP contribution >= 0.6 is 0 Å². The van der Waals surface area contributed by atoms with Gasteiger partial charge in [0.1, 0.15) is 0 Å². The van der Waals surface area contributed by atoms with Crippen molar-refractivity contribution >= 4 is 11.6 Å². The summed E-state index contributed by atoms with van der Waals surface area (Å²) < 4.78 is 43.9. The number of rotatable bonds is 3. The Morgan fingerprint density at radius 3 is 2.59 bits per heavy atom. The Hall–Kier alpha value is -3.16. The number of carbonyl (C=O) groups excluding carboxylic acids is 1. The van der Waals surface area contributed by atoms with E-state index in [4.69, 9.17) is 4.52 Å². The van der Waals surface area contributed by atoms with Crippen LogP contribution in [0.1, 0.15) is 23.8 Å². The van der Waals surface area contributed by atoms with Crippen LogP contribution in [-0.4, -0.2) is 22.6 Å². The van der Waals surface area contributed by atoms with Crippen LogP contribution < -0.4 is 4.90 Å². The molecular weight excluding hydrogens is 359 g/mol. The molecule has 8 heteroatoms. The van der Waals surface area contributed by atoms with Crippen molar-refractivity contribution in [1.29, 1.82) is 0 Å².